The fourth-order valence-corrected chi connectivity index (χ4v) is 3.98. The molecule has 0 spiro atoms. The van der Waals surface area contributed by atoms with E-state index >= 15 is 0 Å². The van der Waals surface area contributed by atoms with Crippen molar-refractivity contribution in [2.24, 2.45) is 0 Å². The van der Waals surface area contributed by atoms with E-state index < -0.39 is 0 Å². The number of anilines is 1. The number of ether oxygens (including phenoxy) is 2. The van der Waals surface area contributed by atoms with Gasteiger partial charge in [-0.2, -0.15) is 4.98 Å². The van der Waals surface area contributed by atoms with Crippen molar-refractivity contribution in [2.45, 2.75) is 38.8 Å². The molecule has 2 aromatic carbocycles. The second kappa shape index (κ2) is 10.6. The van der Waals surface area contributed by atoms with Crippen LogP contribution >= 0.6 is 11.8 Å². The number of carbonyl (C=O) groups excluding carboxylic acids is 1. The molecule has 0 fully saturated rings. The van der Waals surface area contributed by atoms with Gasteiger partial charge in [-0.3, -0.25) is 4.79 Å². The van der Waals surface area contributed by atoms with E-state index in [1.54, 1.807) is 4.52 Å². The predicted octanol–water partition coefficient (Wildman–Crippen LogP) is 5.23. The molecular formula is C25H27N5O3S. The van der Waals surface area contributed by atoms with E-state index in [9.17, 15) is 4.79 Å². The molecule has 4 rings (SSSR count). The molecule has 0 unspecified atom stereocenters. The Bertz CT molecular complexity index is 1300. The van der Waals surface area contributed by atoms with Gasteiger partial charge in [0.25, 0.3) is 5.78 Å². The molecule has 4 aromatic rings. The second-order valence-corrected chi connectivity index (χ2v) is 8.40. The molecule has 8 nitrogen and oxygen atoms in total. The minimum Gasteiger partial charge on any atom is -0.494 e. The fourth-order valence-electron chi connectivity index (χ4n) is 3.65. The molecular weight excluding hydrogens is 450 g/mol. The quantitative estimate of drug-likeness (QED) is 0.330. The summed E-state index contributed by atoms with van der Waals surface area (Å²) in [6.45, 7) is 6.47. The number of thioether (sulfide) groups is 1. The van der Waals surface area contributed by atoms with E-state index in [0.29, 0.717) is 47.6 Å². The number of fused-ring (bicyclic) bond motifs is 1. The highest BCUT2D eigenvalue weighted by Crippen LogP contribution is 2.30. The summed E-state index contributed by atoms with van der Waals surface area (Å²) in [5.74, 6) is 2.49. The van der Waals surface area contributed by atoms with E-state index in [1.165, 1.54) is 11.8 Å². The van der Waals surface area contributed by atoms with Crippen LogP contribution in [0, 0.1) is 13.8 Å². The van der Waals surface area contributed by atoms with Crippen LogP contribution in [0.1, 0.15) is 30.3 Å². The van der Waals surface area contributed by atoms with Gasteiger partial charge in [0.2, 0.25) is 11.1 Å². The fraction of sp³-hybridized carbons (Fsp3) is 0.280. The minimum atomic E-state index is -0.106. The molecule has 0 saturated heterocycles. The van der Waals surface area contributed by atoms with Crippen molar-refractivity contribution in [3.05, 3.63) is 65.5 Å². The van der Waals surface area contributed by atoms with E-state index in [2.05, 4.69) is 20.4 Å². The Morgan fingerprint density at radius 1 is 1.06 bits per heavy atom. The van der Waals surface area contributed by atoms with Crippen molar-refractivity contribution >= 4 is 29.1 Å². The number of nitrogens with one attached hydrogen (secondary N) is 1. The van der Waals surface area contributed by atoms with E-state index in [-0.39, 0.29) is 5.91 Å². The van der Waals surface area contributed by atoms with E-state index in [4.69, 9.17) is 9.47 Å². The molecule has 0 aliphatic heterocycles. The summed E-state index contributed by atoms with van der Waals surface area (Å²) >= 11 is 1.47. The monoisotopic (exact) mass is 477 g/mol. The Labute approximate surface area is 202 Å². The average molecular weight is 478 g/mol. The van der Waals surface area contributed by atoms with Gasteiger partial charge < -0.3 is 14.8 Å². The van der Waals surface area contributed by atoms with Gasteiger partial charge in [0.15, 0.2) is 5.75 Å². The maximum atomic E-state index is 12.8. The van der Waals surface area contributed by atoms with Gasteiger partial charge >= 0.3 is 0 Å². The molecule has 0 saturated carbocycles. The van der Waals surface area contributed by atoms with Crippen LogP contribution in [0.15, 0.2) is 53.7 Å². The molecule has 1 amide bonds. The smallest absolute Gasteiger partial charge is 0.253 e. The van der Waals surface area contributed by atoms with Crippen LogP contribution < -0.4 is 14.8 Å². The molecule has 2 heterocycles. The number of hydrogen-bond acceptors (Lipinski definition) is 7. The highest BCUT2D eigenvalue weighted by Gasteiger charge is 2.15. The zero-order valence-electron chi connectivity index (χ0n) is 19.7. The van der Waals surface area contributed by atoms with Gasteiger partial charge in [0.1, 0.15) is 11.5 Å². The van der Waals surface area contributed by atoms with Crippen LogP contribution in [-0.2, 0) is 11.2 Å². The number of amides is 1. The first-order valence-electron chi connectivity index (χ1n) is 11.0. The van der Waals surface area contributed by atoms with Crippen LogP contribution in [0.3, 0.4) is 0 Å². The summed E-state index contributed by atoms with van der Waals surface area (Å²) in [7, 11) is 0. The summed E-state index contributed by atoms with van der Waals surface area (Å²) in [6, 6.07) is 14.8. The lowest BCUT2D eigenvalue weighted by atomic mass is 10.1. The molecule has 9 heteroatoms. The molecule has 176 valence electrons. The van der Waals surface area contributed by atoms with Gasteiger partial charge in [-0.25, -0.2) is 9.50 Å². The largest absolute Gasteiger partial charge is 0.494 e. The third-order valence-corrected chi connectivity index (χ3v) is 5.88. The van der Waals surface area contributed by atoms with Crippen LogP contribution in [0.25, 0.3) is 5.78 Å². The Kier molecular flexibility index (Phi) is 7.32. The second-order valence-electron chi connectivity index (χ2n) is 7.62. The van der Waals surface area contributed by atoms with Gasteiger partial charge in [0, 0.05) is 17.8 Å². The third-order valence-electron chi connectivity index (χ3n) is 5.34. The topological polar surface area (TPSA) is 90.6 Å². The Morgan fingerprint density at radius 3 is 2.53 bits per heavy atom. The zero-order valence-corrected chi connectivity index (χ0v) is 20.5. The van der Waals surface area contributed by atoms with E-state index in [1.807, 2.05) is 75.6 Å². The summed E-state index contributed by atoms with van der Waals surface area (Å²) < 4.78 is 13.2. The molecule has 1 N–H and O–H groups in total. The number of aryl methyl sites for hydroxylation is 2. The van der Waals surface area contributed by atoms with Gasteiger partial charge in [-0.1, -0.05) is 23.9 Å². The van der Waals surface area contributed by atoms with Crippen LogP contribution in [0.4, 0.5) is 5.69 Å². The number of carbonyl (C=O) groups is 1. The summed E-state index contributed by atoms with van der Waals surface area (Å²) in [4.78, 5) is 21.8. The van der Waals surface area contributed by atoms with Crippen LogP contribution in [0.5, 0.6) is 17.2 Å². The van der Waals surface area contributed by atoms with Crippen molar-refractivity contribution in [2.75, 3.05) is 18.2 Å². The highest BCUT2D eigenvalue weighted by atomic mass is 32.2. The maximum absolute atomic E-state index is 12.8. The number of hydrogen-bond donors (Lipinski definition) is 1. The van der Waals surface area contributed by atoms with Crippen molar-refractivity contribution in [1.29, 1.82) is 0 Å². The number of aromatic nitrogens is 4. The zero-order chi connectivity index (χ0) is 24.1. The lowest BCUT2D eigenvalue weighted by Gasteiger charge is -2.13. The summed E-state index contributed by atoms with van der Waals surface area (Å²) in [5.41, 5.74) is 3.42. The third kappa shape index (κ3) is 5.31. The molecule has 34 heavy (non-hydrogen) atoms. The Balaban J connectivity index is 1.44. The molecule has 0 aliphatic rings. The molecule has 0 atom stereocenters. The molecule has 0 bridgehead atoms. The number of benzene rings is 2. The standard InChI is InChI=1S/C25H27N5O3S/c1-5-32-18-10-12-19(13-11-18)33-22-9-7-6-8-21(22)27-23(31)15-14-20-16(2)26-24-28-25(34-4)29-30(24)17(20)3/h6-13H,5,14-15H2,1-4H3,(H,27,31). The molecule has 0 radical (unpaired) electrons. The van der Waals surface area contributed by atoms with Crippen molar-refractivity contribution in [3.63, 3.8) is 0 Å². The highest BCUT2D eigenvalue weighted by molar-refractivity contribution is 7.98. The first-order valence-corrected chi connectivity index (χ1v) is 12.3. The van der Waals surface area contributed by atoms with E-state index in [0.717, 1.165) is 22.7 Å². The van der Waals surface area contributed by atoms with Crippen LogP contribution in [-0.4, -0.2) is 38.4 Å². The van der Waals surface area contributed by atoms with Crippen molar-refractivity contribution in [1.82, 2.24) is 19.6 Å². The molecule has 0 aliphatic carbocycles. The SMILES string of the molecule is CCOc1ccc(Oc2ccccc2NC(=O)CCc2c(C)nc3nc(SC)nn3c2C)cc1. The number of para-hydroxylation sites is 2. The first-order chi connectivity index (χ1) is 16.5. The lowest BCUT2D eigenvalue weighted by molar-refractivity contribution is -0.116. The van der Waals surface area contributed by atoms with Crippen molar-refractivity contribution in [3.8, 4) is 17.2 Å². The summed E-state index contributed by atoms with van der Waals surface area (Å²) in [6.07, 6.45) is 2.78. The Morgan fingerprint density at radius 2 is 1.79 bits per heavy atom. The Hall–Kier alpha value is -3.59. The predicted molar refractivity (Wildman–Crippen MR) is 133 cm³/mol. The molecule has 2 aromatic heterocycles. The number of nitrogens with zero attached hydrogens (tertiary/aromatic N) is 4. The average Bonchev–Trinajstić information content (AvgIpc) is 3.25. The normalized spacial score (nSPS) is 10.9. The maximum Gasteiger partial charge on any atom is 0.253 e. The van der Waals surface area contributed by atoms with Crippen molar-refractivity contribution < 1.29 is 14.3 Å². The first kappa shape index (κ1) is 23.6. The summed E-state index contributed by atoms with van der Waals surface area (Å²) in [5, 5.41) is 8.13. The van der Waals surface area contributed by atoms with Gasteiger partial charge in [-0.05, 0) is 75.4 Å². The number of rotatable bonds is 9. The lowest BCUT2D eigenvalue weighted by Crippen LogP contribution is -2.14. The van der Waals surface area contributed by atoms with Crippen LogP contribution in [0.2, 0.25) is 0 Å². The van der Waals surface area contributed by atoms with Gasteiger partial charge in [0.05, 0.1) is 12.3 Å². The minimum absolute atomic E-state index is 0.106. The van der Waals surface area contributed by atoms with Gasteiger partial charge in [-0.15, -0.1) is 5.10 Å².